The number of aromatic carboxylic acids is 1. The molecule has 1 aromatic carbocycles. The fourth-order valence-corrected chi connectivity index (χ4v) is 1.35. The number of esters is 2. The van der Waals surface area contributed by atoms with Crippen molar-refractivity contribution in [1.82, 2.24) is 0 Å². The van der Waals surface area contributed by atoms with E-state index in [2.05, 4.69) is 0 Å². The van der Waals surface area contributed by atoms with Crippen LogP contribution in [0.3, 0.4) is 0 Å². The summed E-state index contributed by atoms with van der Waals surface area (Å²) in [6, 6.07) is 5.64. The maximum absolute atomic E-state index is 11.8. The molecule has 0 heterocycles. The molecule has 0 radical (unpaired) electrons. The van der Waals surface area contributed by atoms with E-state index in [1.54, 1.807) is 6.92 Å². The molecule has 0 fully saturated rings. The second-order valence-electron chi connectivity index (χ2n) is 3.78. The third-order valence-corrected chi connectivity index (χ3v) is 2.32. The number of carbonyl (C=O) groups is 3. The molecule has 0 atom stereocenters. The Labute approximate surface area is 115 Å². The predicted molar refractivity (Wildman–Crippen MR) is 69.2 cm³/mol. The van der Waals surface area contributed by atoms with Crippen LogP contribution in [0.15, 0.2) is 36.1 Å². The van der Waals surface area contributed by atoms with Gasteiger partial charge < -0.3 is 14.6 Å². The lowest BCUT2D eigenvalue weighted by Gasteiger charge is -2.05. The van der Waals surface area contributed by atoms with Gasteiger partial charge in [-0.1, -0.05) is 12.1 Å². The minimum Gasteiger partial charge on any atom is -0.478 e. The smallest absolute Gasteiger partial charge is 0.343 e. The van der Waals surface area contributed by atoms with Crippen LogP contribution in [-0.4, -0.2) is 29.6 Å². The number of benzene rings is 1. The zero-order chi connectivity index (χ0) is 15.1. The van der Waals surface area contributed by atoms with Crippen LogP contribution in [0.1, 0.15) is 34.6 Å². The van der Waals surface area contributed by atoms with Crippen LogP contribution in [0.5, 0.6) is 0 Å². The Morgan fingerprint density at radius 1 is 1.20 bits per heavy atom. The van der Waals surface area contributed by atoms with Gasteiger partial charge in [-0.15, -0.1) is 0 Å². The van der Waals surface area contributed by atoms with Gasteiger partial charge in [0.15, 0.2) is 0 Å². The maximum atomic E-state index is 11.8. The topological polar surface area (TPSA) is 89.9 Å². The third-order valence-electron chi connectivity index (χ3n) is 2.32. The van der Waals surface area contributed by atoms with E-state index in [4.69, 9.17) is 14.6 Å². The lowest BCUT2D eigenvalue weighted by atomic mass is 10.1. The van der Waals surface area contributed by atoms with Crippen molar-refractivity contribution >= 4 is 17.9 Å². The molecule has 0 bridgehead atoms. The van der Waals surface area contributed by atoms with Gasteiger partial charge in [-0.3, -0.25) is 0 Å². The van der Waals surface area contributed by atoms with Gasteiger partial charge in [0.1, 0.15) is 6.26 Å². The van der Waals surface area contributed by atoms with Crippen molar-refractivity contribution in [3.8, 4) is 0 Å². The van der Waals surface area contributed by atoms with Gasteiger partial charge in [0.05, 0.1) is 23.3 Å². The Hall–Kier alpha value is -2.63. The van der Waals surface area contributed by atoms with E-state index in [1.807, 2.05) is 0 Å². The molecular formula is C14H14O6. The number of hydrogen-bond donors (Lipinski definition) is 1. The molecule has 0 aliphatic heterocycles. The van der Waals surface area contributed by atoms with Crippen molar-refractivity contribution in [2.75, 3.05) is 6.61 Å². The summed E-state index contributed by atoms with van der Waals surface area (Å²) in [5, 5.41) is 8.95. The van der Waals surface area contributed by atoms with Crippen LogP contribution >= 0.6 is 0 Å². The Balaban J connectivity index is 2.85. The highest BCUT2D eigenvalue weighted by Gasteiger charge is 2.17. The van der Waals surface area contributed by atoms with Gasteiger partial charge in [0.25, 0.3) is 0 Å². The summed E-state index contributed by atoms with van der Waals surface area (Å²) in [5.74, 6) is -2.69. The Bertz CT molecular complexity index is 559. The average Bonchev–Trinajstić information content (AvgIpc) is 2.44. The molecular weight excluding hydrogens is 264 g/mol. The van der Waals surface area contributed by atoms with E-state index in [9.17, 15) is 14.4 Å². The van der Waals surface area contributed by atoms with Crippen molar-refractivity contribution < 1.29 is 29.0 Å². The minimum absolute atomic E-state index is 0.0899. The van der Waals surface area contributed by atoms with Crippen LogP contribution in [-0.2, 0) is 14.3 Å². The van der Waals surface area contributed by atoms with Gasteiger partial charge >= 0.3 is 17.9 Å². The fraction of sp³-hybridized carbons (Fsp3) is 0.214. The van der Waals surface area contributed by atoms with Crippen molar-refractivity contribution in [3.63, 3.8) is 0 Å². The summed E-state index contributed by atoms with van der Waals surface area (Å²) < 4.78 is 9.49. The number of carboxylic acid groups (broad SMARTS) is 1. The molecule has 6 nitrogen and oxygen atoms in total. The highest BCUT2D eigenvalue weighted by Crippen LogP contribution is 2.11. The first-order valence-corrected chi connectivity index (χ1v) is 5.84. The zero-order valence-corrected chi connectivity index (χ0v) is 11.1. The quantitative estimate of drug-likeness (QED) is 0.503. The number of rotatable bonds is 5. The molecule has 6 heteroatoms. The van der Waals surface area contributed by atoms with E-state index in [0.717, 1.165) is 6.26 Å². The summed E-state index contributed by atoms with van der Waals surface area (Å²) in [6.45, 7) is 3.29. The summed E-state index contributed by atoms with van der Waals surface area (Å²) in [4.78, 5) is 34.0. The Kier molecular flexibility index (Phi) is 5.46. The molecule has 0 unspecified atom stereocenters. The Morgan fingerprint density at radius 3 is 2.35 bits per heavy atom. The zero-order valence-electron chi connectivity index (χ0n) is 11.1. The van der Waals surface area contributed by atoms with Crippen molar-refractivity contribution in [2.45, 2.75) is 13.8 Å². The molecule has 0 spiro atoms. The minimum atomic E-state index is -1.23. The predicted octanol–water partition coefficient (Wildman–Crippen LogP) is 2.01. The average molecular weight is 278 g/mol. The lowest BCUT2D eigenvalue weighted by molar-refractivity contribution is -0.138. The first-order valence-electron chi connectivity index (χ1n) is 5.84. The third kappa shape index (κ3) is 3.94. The summed E-state index contributed by atoms with van der Waals surface area (Å²) in [5.41, 5.74) is -0.152. The summed E-state index contributed by atoms with van der Waals surface area (Å²) >= 11 is 0. The van der Waals surface area contributed by atoms with Crippen LogP contribution in [0, 0.1) is 0 Å². The monoisotopic (exact) mass is 278 g/mol. The molecule has 0 amide bonds. The molecule has 0 aliphatic carbocycles. The molecule has 0 aromatic heterocycles. The second kappa shape index (κ2) is 7.08. The van der Waals surface area contributed by atoms with Crippen LogP contribution in [0.25, 0.3) is 0 Å². The fourth-order valence-electron chi connectivity index (χ4n) is 1.35. The van der Waals surface area contributed by atoms with E-state index in [0.29, 0.717) is 0 Å². The van der Waals surface area contributed by atoms with Gasteiger partial charge in [-0.25, -0.2) is 14.4 Å². The molecule has 1 N–H and O–H groups in total. The molecule has 0 saturated carbocycles. The van der Waals surface area contributed by atoms with E-state index < -0.39 is 17.9 Å². The number of hydrogen-bond acceptors (Lipinski definition) is 5. The number of ether oxygens (including phenoxy) is 2. The molecule has 0 saturated heterocycles. The van der Waals surface area contributed by atoms with Gasteiger partial charge in [-0.05, 0) is 26.0 Å². The standard InChI is InChI=1S/C14H14O6/c1-3-19-13(17)9(2)8-20-14(18)11-7-5-4-6-10(11)12(15)16/h4-8H,3H2,1-2H3,(H,15,16). The molecule has 106 valence electrons. The maximum Gasteiger partial charge on any atom is 0.343 e. The van der Waals surface area contributed by atoms with Gasteiger partial charge in [-0.2, -0.15) is 0 Å². The summed E-state index contributed by atoms with van der Waals surface area (Å²) in [6.07, 6.45) is 0.943. The summed E-state index contributed by atoms with van der Waals surface area (Å²) in [7, 11) is 0. The van der Waals surface area contributed by atoms with E-state index >= 15 is 0 Å². The molecule has 0 aliphatic rings. The molecule has 1 aromatic rings. The van der Waals surface area contributed by atoms with Gasteiger partial charge in [0, 0.05) is 0 Å². The van der Waals surface area contributed by atoms with Crippen molar-refractivity contribution in [3.05, 3.63) is 47.2 Å². The first kappa shape index (κ1) is 15.4. The van der Waals surface area contributed by atoms with Crippen molar-refractivity contribution in [2.24, 2.45) is 0 Å². The number of carbonyl (C=O) groups excluding carboxylic acids is 2. The Morgan fingerprint density at radius 2 is 1.80 bits per heavy atom. The lowest BCUT2D eigenvalue weighted by Crippen LogP contribution is -2.11. The SMILES string of the molecule is CCOC(=O)C(C)=COC(=O)c1ccccc1C(=O)O. The molecule has 1 rings (SSSR count). The normalized spacial score (nSPS) is 10.8. The number of carboxylic acids is 1. The van der Waals surface area contributed by atoms with Crippen LogP contribution in [0.4, 0.5) is 0 Å². The largest absolute Gasteiger partial charge is 0.478 e. The first-order chi connectivity index (χ1) is 9.47. The second-order valence-corrected chi connectivity index (χ2v) is 3.78. The van der Waals surface area contributed by atoms with E-state index in [1.165, 1.54) is 31.2 Å². The van der Waals surface area contributed by atoms with Crippen LogP contribution in [0.2, 0.25) is 0 Å². The van der Waals surface area contributed by atoms with Gasteiger partial charge in [0.2, 0.25) is 0 Å². The van der Waals surface area contributed by atoms with Crippen LogP contribution < -0.4 is 0 Å². The highest BCUT2D eigenvalue weighted by atomic mass is 16.5. The highest BCUT2D eigenvalue weighted by molar-refractivity contribution is 6.02. The van der Waals surface area contributed by atoms with E-state index in [-0.39, 0.29) is 23.3 Å². The molecule has 20 heavy (non-hydrogen) atoms. The van der Waals surface area contributed by atoms with Crippen molar-refractivity contribution in [1.29, 1.82) is 0 Å².